The van der Waals surface area contributed by atoms with Crippen molar-refractivity contribution in [1.29, 1.82) is 0 Å². The molecule has 150 valence electrons. The van der Waals surface area contributed by atoms with Crippen molar-refractivity contribution >= 4 is 0 Å². The smallest absolute Gasteiger partial charge is 0.118 e. The summed E-state index contributed by atoms with van der Waals surface area (Å²) >= 11 is 0. The minimum Gasteiger partial charge on any atom is -0.497 e. The quantitative estimate of drug-likeness (QED) is 0.511. The largest absolute Gasteiger partial charge is 0.497 e. The van der Waals surface area contributed by atoms with Crippen molar-refractivity contribution < 1.29 is 19.3 Å². The fourth-order valence-electron chi connectivity index (χ4n) is 2.87. The predicted molar refractivity (Wildman–Crippen MR) is 112 cm³/mol. The van der Waals surface area contributed by atoms with Crippen molar-refractivity contribution in [1.82, 2.24) is 0 Å². The maximum atomic E-state index is 10.2. The van der Waals surface area contributed by atoms with Crippen LogP contribution in [0, 0.1) is 0 Å². The van der Waals surface area contributed by atoms with Crippen molar-refractivity contribution in [3.05, 3.63) is 91.0 Å². The second kappa shape index (κ2) is 12.1. The Kier molecular flexibility index (Phi) is 9.49. The monoisotopic (exact) mass is 382 g/mol. The van der Waals surface area contributed by atoms with E-state index in [2.05, 4.69) is 13.2 Å². The third kappa shape index (κ3) is 7.31. The molecule has 0 aliphatic carbocycles. The second-order valence-corrected chi connectivity index (χ2v) is 6.61. The minimum atomic E-state index is -0.537. The van der Waals surface area contributed by atoms with E-state index in [0.29, 0.717) is 26.1 Å². The van der Waals surface area contributed by atoms with Crippen LogP contribution in [0.1, 0.15) is 24.0 Å². The van der Waals surface area contributed by atoms with Crippen LogP contribution >= 0.6 is 0 Å². The lowest BCUT2D eigenvalue weighted by atomic mass is 10.0. The number of aliphatic hydroxyl groups is 1. The van der Waals surface area contributed by atoms with Gasteiger partial charge < -0.3 is 19.3 Å². The van der Waals surface area contributed by atoms with Gasteiger partial charge in [-0.1, -0.05) is 54.6 Å². The highest BCUT2D eigenvalue weighted by atomic mass is 16.5. The molecule has 2 rings (SSSR count). The van der Waals surface area contributed by atoms with Crippen molar-refractivity contribution in [2.24, 2.45) is 0 Å². The van der Waals surface area contributed by atoms with Crippen LogP contribution in [0.2, 0.25) is 0 Å². The zero-order valence-corrected chi connectivity index (χ0v) is 16.5. The maximum Gasteiger partial charge on any atom is 0.118 e. The fraction of sp³-hybridized carbons (Fsp3) is 0.333. The van der Waals surface area contributed by atoms with E-state index in [1.807, 2.05) is 54.6 Å². The Labute approximate surface area is 168 Å². The number of benzene rings is 2. The summed E-state index contributed by atoms with van der Waals surface area (Å²) in [5, 5.41) is 10.2. The van der Waals surface area contributed by atoms with Gasteiger partial charge in [0.2, 0.25) is 0 Å². The minimum absolute atomic E-state index is 0.314. The molecule has 0 aromatic heterocycles. The van der Waals surface area contributed by atoms with Crippen LogP contribution in [-0.2, 0) is 22.7 Å². The fourth-order valence-corrected chi connectivity index (χ4v) is 2.87. The Morgan fingerprint density at radius 2 is 1.57 bits per heavy atom. The first kappa shape index (κ1) is 21.9. The molecule has 0 aliphatic heterocycles. The summed E-state index contributed by atoms with van der Waals surface area (Å²) in [7, 11) is 1.64. The summed E-state index contributed by atoms with van der Waals surface area (Å²) in [5.74, 6) is 0.806. The van der Waals surface area contributed by atoms with Gasteiger partial charge in [-0.2, -0.15) is 0 Å². The van der Waals surface area contributed by atoms with Gasteiger partial charge in [0.15, 0.2) is 0 Å². The highest BCUT2D eigenvalue weighted by molar-refractivity contribution is 5.26. The molecule has 28 heavy (non-hydrogen) atoms. The van der Waals surface area contributed by atoms with E-state index in [1.54, 1.807) is 19.3 Å². The Bertz CT molecular complexity index is 696. The number of rotatable bonds is 13. The third-order valence-corrected chi connectivity index (χ3v) is 4.45. The molecule has 4 nitrogen and oxygen atoms in total. The first-order valence-electron chi connectivity index (χ1n) is 9.47. The van der Waals surface area contributed by atoms with E-state index in [-0.39, 0.29) is 12.2 Å². The molecule has 2 aromatic carbocycles. The molecule has 0 aliphatic rings. The molecule has 0 heterocycles. The van der Waals surface area contributed by atoms with Crippen LogP contribution in [-0.4, -0.2) is 30.5 Å². The van der Waals surface area contributed by atoms with Crippen LogP contribution < -0.4 is 4.74 Å². The second-order valence-electron chi connectivity index (χ2n) is 6.61. The molecule has 0 spiro atoms. The standard InChI is InChI=1S/C24H30O4/c1-4-9-21(25)16-24(28-17-19-10-7-6-8-11-19)23(5-2)27-18-20-12-14-22(26-3)15-13-20/h4-8,10-15,21,23-25H,1-2,9,16-18H2,3H3/t21-,23-,24-/m1/s1. The summed E-state index contributed by atoms with van der Waals surface area (Å²) < 4.78 is 17.4. The van der Waals surface area contributed by atoms with E-state index in [4.69, 9.17) is 14.2 Å². The topological polar surface area (TPSA) is 47.9 Å². The molecular weight excluding hydrogens is 352 g/mol. The van der Waals surface area contributed by atoms with Gasteiger partial charge in [-0.15, -0.1) is 13.2 Å². The Morgan fingerprint density at radius 3 is 2.18 bits per heavy atom. The third-order valence-electron chi connectivity index (χ3n) is 4.45. The average molecular weight is 383 g/mol. The van der Waals surface area contributed by atoms with Gasteiger partial charge in [0, 0.05) is 6.42 Å². The molecule has 3 atom stereocenters. The van der Waals surface area contributed by atoms with Gasteiger partial charge in [0.1, 0.15) is 11.9 Å². The van der Waals surface area contributed by atoms with Gasteiger partial charge in [-0.05, 0) is 29.7 Å². The summed E-state index contributed by atoms with van der Waals surface area (Å²) in [4.78, 5) is 0. The van der Waals surface area contributed by atoms with E-state index < -0.39 is 6.10 Å². The number of hydrogen-bond acceptors (Lipinski definition) is 4. The zero-order chi connectivity index (χ0) is 20.2. The van der Waals surface area contributed by atoms with Gasteiger partial charge in [0.25, 0.3) is 0 Å². The Balaban J connectivity index is 2.01. The van der Waals surface area contributed by atoms with Crippen LogP contribution in [0.4, 0.5) is 0 Å². The Hall–Kier alpha value is -2.40. The van der Waals surface area contributed by atoms with Crippen molar-refractivity contribution in [2.45, 2.75) is 44.4 Å². The molecular formula is C24H30O4. The first-order valence-corrected chi connectivity index (χ1v) is 9.47. The van der Waals surface area contributed by atoms with Crippen LogP contribution in [0.15, 0.2) is 79.9 Å². The SMILES string of the molecule is C=CC[C@@H](O)C[C@@H](OCc1ccccc1)[C@@H](C=C)OCc1ccc(OC)cc1. The molecule has 0 amide bonds. The molecule has 0 saturated carbocycles. The van der Waals surface area contributed by atoms with Crippen LogP contribution in [0.5, 0.6) is 5.75 Å². The number of ether oxygens (including phenoxy) is 3. The molecule has 0 radical (unpaired) electrons. The predicted octanol–water partition coefficient (Wildman–Crippen LogP) is 4.68. The van der Waals surface area contributed by atoms with Crippen molar-refractivity contribution in [2.75, 3.05) is 7.11 Å². The molecule has 1 N–H and O–H groups in total. The van der Waals surface area contributed by atoms with E-state index in [9.17, 15) is 5.11 Å². The number of aliphatic hydroxyl groups excluding tert-OH is 1. The number of hydrogen-bond donors (Lipinski definition) is 1. The van der Waals surface area contributed by atoms with Crippen LogP contribution in [0.3, 0.4) is 0 Å². The van der Waals surface area contributed by atoms with Crippen molar-refractivity contribution in [3.8, 4) is 5.75 Å². The van der Waals surface area contributed by atoms with Gasteiger partial charge in [0.05, 0.1) is 32.5 Å². The van der Waals surface area contributed by atoms with Crippen LogP contribution in [0.25, 0.3) is 0 Å². The zero-order valence-electron chi connectivity index (χ0n) is 16.5. The number of methoxy groups -OCH3 is 1. The van der Waals surface area contributed by atoms with E-state index >= 15 is 0 Å². The van der Waals surface area contributed by atoms with E-state index in [1.165, 1.54) is 0 Å². The molecule has 0 fully saturated rings. The van der Waals surface area contributed by atoms with Crippen molar-refractivity contribution in [3.63, 3.8) is 0 Å². The van der Waals surface area contributed by atoms with Gasteiger partial charge in [-0.25, -0.2) is 0 Å². The van der Waals surface area contributed by atoms with E-state index in [0.717, 1.165) is 16.9 Å². The molecule has 4 heteroatoms. The summed E-state index contributed by atoms with van der Waals surface area (Å²) in [6, 6.07) is 17.7. The highest BCUT2D eigenvalue weighted by Gasteiger charge is 2.23. The lowest BCUT2D eigenvalue weighted by Crippen LogP contribution is -2.33. The highest BCUT2D eigenvalue weighted by Crippen LogP contribution is 2.19. The maximum absolute atomic E-state index is 10.2. The molecule has 2 aromatic rings. The van der Waals surface area contributed by atoms with Gasteiger partial charge in [-0.3, -0.25) is 0 Å². The van der Waals surface area contributed by atoms with Gasteiger partial charge >= 0.3 is 0 Å². The Morgan fingerprint density at radius 1 is 0.929 bits per heavy atom. The summed E-state index contributed by atoms with van der Waals surface area (Å²) in [5.41, 5.74) is 2.10. The normalized spacial score (nSPS) is 14.1. The lowest BCUT2D eigenvalue weighted by Gasteiger charge is -2.27. The summed E-state index contributed by atoms with van der Waals surface area (Å²) in [6.07, 6.45) is 3.20. The molecule has 0 unspecified atom stereocenters. The average Bonchev–Trinajstić information content (AvgIpc) is 2.73. The first-order chi connectivity index (χ1) is 13.7. The lowest BCUT2D eigenvalue weighted by molar-refractivity contribution is -0.0812. The molecule has 0 bridgehead atoms. The molecule has 0 saturated heterocycles. The summed E-state index contributed by atoms with van der Waals surface area (Å²) in [6.45, 7) is 8.46.